The highest BCUT2D eigenvalue weighted by Gasteiger charge is 2.45. The van der Waals surface area contributed by atoms with Crippen molar-refractivity contribution < 1.29 is 9.59 Å². The van der Waals surface area contributed by atoms with Crippen molar-refractivity contribution in [3.8, 4) is 0 Å². The van der Waals surface area contributed by atoms with Crippen LogP contribution < -0.4 is 5.32 Å². The molecule has 2 aromatic heterocycles. The molecule has 1 fully saturated rings. The van der Waals surface area contributed by atoms with Crippen molar-refractivity contribution in [1.29, 1.82) is 0 Å². The Balaban J connectivity index is 1.82. The highest BCUT2D eigenvalue weighted by atomic mass is 16.2. The molecule has 0 aromatic carbocycles. The van der Waals surface area contributed by atoms with Gasteiger partial charge in [-0.1, -0.05) is 5.21 Å². The van der Waals surface area contributed by atoms with Gasteiger partial charge in [0.2, 0.25) is 11.8 Å². The van der Waals surface area contributed by atoms with Gasteiger partial charge in [-0.15, -0.1) is 5.10 Å². The van der Waals surface area contributed by atoms with Gasteiger partial charge in [-0.25, -0.2) is 4.68 Å². The lowest BCUT2D eigenvalue weighted by Crippen LogP contribution is -2.59. The van der Waals surface area contributed by atoms with Crippen molar-refractivity contribution in [2.75, 3.05) is 20.1 Å². The Kier molecular flexibility index (Phi) is 4.09. The van der Waals surface area contributed by atoms with Gasteiger partial charge in [-0.3, -0.25) is 14.3 Å². The Bertz CT molecular complexity index is 667. The van der Waals surface area contributed by atoms with Gasteiger partial charge in [0.05, 0.1) is 12.7 Å². The fraction of sp³-hybridized carbons (Fsp3) is 0.500. The van der Waals surface area contributed by atoms with Crippen molar-refractivity contribution in [2.24, 2.45) is 0 Å². The number of carbonyl (C=O) groups excluding carboxylic acids is 2. The Morgan fingerprint density at radius 3 is 2.83 bits per heavy atom. The van der Waals surface area contributed by atoms with E-state index < -0.39 is 5.54 Å². The highest BCUT2D eigenvalue weighted by Crippen LogP contribution is 2.29. The SMILES string of the molecule is CNC(=O)C1(n2cccn2)CCCN(C(=O)Cn2ccnn2)C1. The fourth-order valence-electron chi connectivity index (χ4n) is 3.04. The second-order valence-corrected chi connectivity index (χ2v) is 5.58. The Labute approximate surface area is 133 Å². The van der Waals surface area contributed by atoms with Crippen molar-refractivity contribution in [1.82, 2.24) is 35.0 Å². The van der Waals surface area contributed by atoms with E-state index in [1.165, 1.54) is 10.9 Å². The summed E-state index contributed by atoms with van der Waals surface area (Å²) in [5.41, 5.74) is -0.867. The quantitative estimate of drug-likeness (QED) is 0.799. The molecule has 9 heteroatoms. The molecule has 23 heavy (non-hydrogen) atoms. The number of piperidine rings is 1. The third-order valence-electron chi connectivity index (χ3n) is 4.19. The highest BCUT2D eigenvalue weighted by molar-refractivity contribution is 5.86. The Morgan fingerprint density at radius 2 is 2.17 bits per heavy atom. The molecule has 3 rings (SSSR count). The van der Waals surface area contributed by atoms with Gasteiger partial charge in [0.25, 0.3) is 0 Å². The zero-order valence-electron chi connectivity index (χ0n) is 12.9. The number of nitrogens with one attached hydrogen (secondary N) is 1. The van der Waals surface area contributed by atoms with Crippen molar-refractivity contribution in [3.05, 3.63) is 30.9 Å². The first-order valence-corrected chi connectivity index (χ1v) is 7.50. The van der Waals surface area contributed by atoms with Crippen LogP contribution in [0.15, 0.2) is 30.9 Å². The van der Waals surface area contributed by atoms with Gasteiger partial charge >= 0.3 is 0 Å². The number of nitrogens with zero attached hydrogens (tertiary/aromatic N) is 6. The molecule has 1 aliphatic heterocycles. The lowest BCUT2D eigenvalue weighted by atomic mass is 9.88. The molecular weight excluding hydrogens is 298 g/mol. The smallest absolute Gasteiger partial charge is 0.249 e. The minimum absolute atomic E-state index is 0.0874. The summed E-state index contributed by atoms with van der Waals surface area (Å²) in [5.74, 6) is -0.227. The zero-order chi connectivity index (χ0) is 16.3. The van der Waals surface area contributed by atoms with E-state index in [4.69, 9.17) is 0 Å². The second-order valence-electron chi connectivity index (χ2n) is 5.58. The van der Waals surface area contributed by atoms with Crippen molar-refractivity contribution in [2.45, 2.75) is 24.9 Å². The molecule has 0 spiro atoms. The van der Waals surface area contributed by atoms with E-state index in [0.717, 1.165) is 6.42 Å². The molecule has 0 saturated carbocycles. The van der Waals surface area contributed by atoms with Crippen LogP contribution in [0, 0.1) is 0 Å². The first kappa shape index (κ1) is 15.2. The molecule has 9 nitrogen and oxygen atoms in total. The molecule has 0 radical (unpaired) electrons. The minimum atomic E-state index is -0.867. The van der Waals surface area contributed by atoms with Crippen molar-refractivity contribution >= 4 is 11.8 Å². The molecule has 1 aliphatic rings. The lowest BCUT2D eigenvalue weighted by Gasteiger charge is -2.41. The van der Waals surface area contributed by atoms with Gasteiger partial charge in [-0.05, 0) is 18.9 Å². The van der Waals surface area contributed by atoms with Crippen LogP contribution in [0.4, 0.5) is 0 Å². The van der Waals surface area contributed by atoms with Gasteiger partial charge in [-0.2, -0.15) is 5.10 Å². The normalized spacial score (nSPS) is 21.2. The molecule has 1 N–H and O–H groups in total. The molecule has 1 unspecified atom stereocenters. The minimum Gasteiger partial charge on any atom is -0.357 e. The Hall–Kier alpha value is -2.71. The summed E-state index contributed by atoms with van der Waals surface area (Å²) in [6.07, 6.45) is 7.95. The summed E-state index contributed by atoms with van der Waals surface area (Å²) in [6, 6.07) is 1.78. The summed E-state index contributed by atoms with van der Waals surface area (Å²) >= 11 is 0. The second kappa shape index (κ2) is 6.19. The van der Waals surface area contributed by atoms with E-state index in [-0.39, 0.29) is 18.4 Å². The number of likely N-dealkylation sites (tertiary alicyclic amines) is 1. The molecule has 0 aliphatic carbocycles. The van der Waals surface area contributed by atoms with E-state index in [0.29, 0.717) is 19.5 Å². The molecule has 122 valence electrons. The average molecular weight is 317 g/mol. The van der Waals surface area contributed by atoms with Crippen LogP contribution in [0.25, 0.3) is 0 Å². The maximum absolute atomic E-state index is 12.5. The third kappa shape index (κ3) is 2.81. The molecule has 3 heterocycles. The van der Waals surface area contributed by atoms with Crippen LogP contribution in [-0.2, 0) is 21.7 Å². The summed E-state index contributed by atoms with van der Waals surface area (Å²) < 4.78 is 3.13. The first-order chi connectivity index (χ1) is 11.2. The van der Waals surface area contributed by atoms with Crippen LogP contribution >= 0.6 is 0 Å². The topological polar surface area (TPSA) is 97.9 Å². The number of hydrogen-bond acceptors (Lipinski definition) is 5. The van der Waals surface area contributed by atoms with Gasteiger partial charge in [0.15, 0.2) is 5.54 Å². The molecule has 1 atom stereocenters. The van der Waals surface area contributed by atoms with Crippen LogP contribution in [-0.4, -0.2) is 61.6 Å². The van der Waals surface area contributed by atoms with E-state index in [9.17, 15) is 9.59 Å². The molecular formula is C14H19N7O2. The number of likely N-dealkylation sites (N-methyl/N-ethyl adjacent to an activating group) is 1. The van der Waals surface area contributed by atoms with E-state index >= 15 is 0 Å². The average Bonchev–Trinajstić information content (AvgIpc) is 3.27. The van der Waals surface area contributed by atoms with Crippen LogP contribution in [0.3, 0.4) is 0 Å². The number of rotatable bonds is 4. The summed E-state index contributed by atoms with van der Waals surface area (Å²) in [6.45, 7) is 1.03. The number of amides is 2. The number of hydrogen-bond donors (Lipinski definition) is 1. The van der Waals surface area contributed by atoms with E-state index in [1.54, 1.807) is 41.3 Å². The number of carbonyl (C=O) groups is 2. The molecule has 2 aromatic rings. The first-order valence-electron chi connectivity index (χ1n) is 7.50. The fourth-order valence-corrected chi connectivity index (χ4v) is 3.04. The maximum Gasteiger partial charge on any atom is 0.249 e. The predicted molar refractivity (Wildman–Crippen MR) is 80.1 cm³/mol. The van der Waals surface area contributed by atoms with E-state index in [2.05, 4.69) is 20.7 Å². The van der Waals surface area contributed by atoms with Gasteiger partial charge < -0.3 is 10.2 Å². The predicted octanol–water partition coefficient (Wildman–Crippen LogP) is -0.761. The van der Waals surface area contributed by atoms with Gasteiger partial charge in [0.1, 0.15) is 6.54 Å². The summed E-state index contributed by atoms with van der Waals surface area (Å²) in [4.78, 5) is 26.7. The largest absolute Gasteiger partial charge is 0.357 e. The molecule has 2 amide bonds. The van der Waals surface area contributed by atoms with Crippen LogP contribution in [0.2, 0.25) is 0 Å². The van der Waals surface area contributed by atoms with Gasteiger partial charge in [0, 0.05) is 32.2 Å². The molecule has 0 bridgehead atoms. The monoisotopic (exact) mass is 317 g/mol. The standard InChI is InChI=1S/C14H19N7O2/c1-15-13(23)14(21-8-3-5-17-21)4-2-7-19(11-14)12(22)10-20-9-6-16-18-20/h3,5-6,8-9H,2,4,7,10-11H2,1H3,(H,15,23). The zero-order valence-corrected chi connectivity index (χ0v) is 12.9. The summed E-state index contributed by atoms with van der Waals surface area (Å²) in [5, 5.41) is 14.5. The number of aromatic nitrogens is 5. The van der Waals surface area contributed by atoms with Crippen LogP contribution in [0.5, 0.6) is 0 Å². The maximum atomic E-state index is 12.5. The van der Waals surface area contributed by atoms with Crippen molar-refractivity contribution in [3.63, 3.8) is 0 Å². The molecule has 1 saturated heterocycles. The summed E-state index contributed by atoms with van der Waals surface area (Å²) in [7, 11) is 1.60. The lowest BCUT2D eigenvalue weighted by molar-refractivity contribution is -0.141. The Morgan fingerprint density at radius 1 is 1.30 bits per heavy atom. The van der Waals surface area contributed by atoms with E-state index in [1.807, 2.05) is 0 Å². The third-order valence-corrected chi connectivity index (χ3v) is 4.19. The van der Waals surface area contributed by atoms with Crippen LogP contribution in [0.1, 0.15) is 12.8 Å².